The number of hydrogen-bond donors (Lipinski definition) is 4. The molecular formula is C20H23NO7P+. The Morgan fingerprint density at radius 2 is 1.69 bits per heavy atom. The molecule has 0 radical (unpaired) electrons. The average Bonchev–Trinajstić information content (AvgIpc) is 2.70. The van der Waals surface area contributed by atoms with Gasteiger partial charge in [-0.25, -0.2) is 0 Å². The molecule has 0 heterocycles. The molecule has 0 aromatic heterocycles. The second kappa shape index (κ2) is 10.5. The first-order valence-corrected chi connectivity index (χ1v) is 10.2. The van der Waals surface area contributed by atoms with Gasteiger partial charge in [0.2, 0.25) is 5.66 Å². The Kier molecular flexibility index (Phi) is 8.12. The van der Waals surface area contributed by atoms with Crippen molar-refractivity contribution in [3.05, 3.63) is 60.2 Å². The largest absolute Gasteiger partial charge is 0.512 e. The lowest BCUT2D eigenvalue weighted by Gasteiger charge is -2.25. The van der Waals surface area contributed by atoms with Gasteiger partial charge in [-0.2, -0.15) is 4.89 Å². The molecule has 0 aliphatic heterocycles. The van der Waals surface area contributed by atoms with Gasteiger partial charge in [0.05, 0.1) is 7.11 Å². The van der Waals surface area contributed by atoms with Gasteiger partial charge in [0.15, 0.2) is 0 Å². The summed E-state index contributed by atoms with van der Waals surface area (Å²) in [5.74, 6) is -3.18. The number of ether oxygens (including phenoxy) is 1. The standard InChI is InChI=1S/C20H22NO7P/c1-28-15-9-7-14(8-10-15)21-18(13-5-3-2-4-6-13)19(29(26)27)16(20(24)25)11-12-17(22)23/h2-10,16,18-19,21H,11-12H2,1H3,(H2-,22,23,24,25,26,27)/p+1. The van der Waals surface area contributed by atoms with Crippen molar-refractivity contribution in [2.24, 2.45) is 5.92 Å². The van der Waals surface area contributed by atoms with Crippen LogP contribution in [0, 0.1) is 5.92 Å². The Hall–Kier alpha value is -2.96. The number of carboxylic acid groups (broad SMARTS) is 2. The maximum Gasteiger partial charge on any atom is 0.512 e. The molecule has 154 valence electrons. The molecule has 0 fully saturated rings. The number of nitrogens with one attached hydrogen (secondary N) is 1. The van der Waals surface area contributed by atoms with Crippen LogP contribution in [0.15, 0.2) is 54.6 Å². The number of anilines is 1. The van der Waals surface area contributed by atoms with Crippen LogP contribution in [0.25, 0.3) is 0 Å². The fourth-order valence-electron chi connectivity index (χ4n) is 3.13. The van der Waals surface area contributed by atoms with Crippen molar-refractivity contribution >= 4 is 25.7 Å². The number of rotatable bonds is 11. The minimum Gasteiger partial charge on any atom is -0.497 e. The highest BCUT2D eigenvalue weighted by Crippen LogP contribution is 2.42. The molecule has 4 atom stereocenters. The summed E-state index contributed by atoms with van der Waals surface area (Å²) in [6.07, 6.45) is -0.675. The quantitative estimate of drug-likeness (QED) is 0.406. The number of benzene rings is 2. The normalized spacial score (nSPS) is 14.3. The number of aliphatic carboxylic acids is 2. The molecule has 2 aromatic carbocycles. The molecule has 0 saturated heterocycles. The zero-order valence-corrected chi connectivity index (χ0v) is 16.7. The van der Waals surface area contributed by atoms with Gasteiger partial charge in [0.1, 0.15) is 17.7 Å². The molecule has 0 bridgehead atoms. The molecule has 2 aromatic rings. The van der Waals surface area contributed by atoms with E-state index in [0.29, 0.717) is 17.0 Å². The Morgan fingerprint density at radius 1 is 1.07 bits per heavy atom. The molecule has 0 spiro atoms. The molecule has 4 unspecified atom stereocenters. The average molecular weight is 420 g/mol. The van der Waals surface area contributed by atoms with Crippen molar-refractivity contribution in [2.75, 3.05) is 12.4 Å². The monoisotopic (exact) mass is 420 g/mol. The molecule has 2 rings (SSSR count). The molecule has 8 nitrogen and oxygen atoms in total. The Labute approximate surface area is 169 Å². The van der Waals surface area contributed by atoms with Crippen LogP contribution in [0.3, 0.4) is 0 Å². The van der Waals surface area contributed by atoms with Gasteiger partial charge in [0, 0.05) is 12.1 Å². The van der Waals surface area contributed by atoms with Crippen LogP contribution in [-0.4, -0.2) is 39.8 Å². The maximum atomic E-state index is 12.3. The third-order valence-corrected chi connectivity index (χ3v) is 5.73. The van der Waals surface area contributed by atoms with Crippen LogP contribution in [0.1, 0.15) is 24.4 Å². The van der Waals surface area contributed by atoms with E-state index in [9.17, 15) is 24.2 Å². The third-order valence-electron chi connectivity index (χ3n) is 4.57. The van der Waals surface area contributed by atoms with Crippen LogP contribution in [0.2, 0.25) is 0 Å². The Balaban J connectivity index is 2.45. The van der Waals surface area contributed by atoms with E-state index in [1.165, 1.54) is 7.11 Å². The first kappa shape index (κ1) is 22.3. The van der Waals surface area contributed by atoms with Gasteiger partial charge >= 0.3 is 20.0 Å². The zero-order valence-electron chi connectivity index (χ0n) is 15.8. The Bertz CT molecular complexity index is 842. The lowest BCUT2D eigenvalue weighted by atomic mass is 9.90. The van der Waals surface area contributed by atoms with Crippen LogP contribution in [0.5, 0.6) is 5.75 Å². The highest BCUT2D eigenvalue weighted by Gasteiger charge is 2.48. The maximum absolute atomic E-state index is 12.3. The predicted molar refractivity (Wildman–Crippen MR) is 107 cm³/mol. The summed E-state index contributed by atoms with van der Waals surface area (Å²) < 4.78 is 17.4. The second-order valence-electron chi connectivity index (χ2n) is 6.43. The number of carboxylic acids is 2. The highest BCUT2D eigenvalue weighted by molar-refractivity contribution is 7.39. The number of methoxy groups -OCH3 is 1. The molecule has 0 saturated carbocycles. The van der Waals surface area contributed by atoms with Crippen molar-refractivity contribution in [1.82, 2.24) is 0 Å². The van der Waals surface area contributed by atoms with Crippen molar-refractivity contribution in [3.8, 4) is 5.75 Å². The lowest BCUT2D eigenvalue weighted by Crippen LogP contribution is -2.35. The van der Waals surface area contributed by atoms with Crippen molar-refractivity contribution < 1.29 is 34.0 Å². The second-order valence-corrected chi connectivity index (χ2v) is 7.63. The minimum atomic E-state index is -2.95. The zero-order chi connectivity index (χ0) is 21.4. The Morgan fingerprint density at radius 3 is 2.17 bits per heavy atom. The minimum absolute atomic E-state index is 0.259. The summed E-state index contributed by atoms with van der Waals surface area (Å²) in [4.78, 5) is 32.8. The fourth-order valence-corrected chi connectivity index (χ4v) is 4.21. The fraction of sp³-hybridized carbons (Fsp3) is 0.300. The summed E-state index contributed by atoms with van der Waals surface area (Å²) >= 11 is 0. The van der Waals surface area contributed by atoms with E-state index in [1.807, 2.05) is 0 Å². The van der Waals surface area contributed by atoms with E-state index in [1.54, 1.807) is 54.6 Å². The molecule has 29 heavy (non-hydrogen) atoms. The van der Waals surface area contributed by atoms with Crippen LogP contribution in [0.4, 0.5) is 5.69 Å². The summed E-state index contributed by atoms with van der Waals surface area (Å²) in [5, 5.41) is 21.7. The predicted octanol–water partition coefficient (Wildman–Crippen LogP) is 3.52. The van der Waals surface area contributed by atoms with Crippen LogP contribution in [-0.2, 0) is 14.2 Å². The van der Waals surface area contributed by atoms with Gasteiger partial charge in [-0.1, -0.05) is 30.3 Å². The molecule has 0 aliphatic carbocycles. The van der Waals surface area contributed by atoms with Crippen molar-refractivity contribution in [3.63, 3.8) is 0 Å². The van der Waals surface area contributed by atoms with Gasteiger partial charge in [-0.15, -0.1) is 0 Å². The van der Waals surface area contributed by atoms with Gasteiger partial charge in [0.25, 0.3) is 0 Å². The molecule has 9 heteroatoms. The van der Waals surface area contributed by atoms with Crippen molar-refractivity contribution in [1.29, 1.82) is 0 Å². The van der Waals surface area contributed by atoms with E-state index >= 15 is 0 Å². The first-order valence-electron chi connectivity index (χ1n) is 8.89. The van der Waals surface area contributed by atoms with E-state index in [0.717, 1.165) is 0 Å². The molecule has 4 N–H and O–H groups in total. The van der Waals surface area contributed by atoms with Gasteiger partial charge < -0.3 is 20.3 Å². The topological polar surface area (TPSA) is 133 Å². The highest BCUT2D eigenvalue weighted by atomic mass is 31.1. The molecule has 0 aliphatic rings. The lowest BCUT2D eigenvalue weighted by molar-refractivity contribution is -0.143. The van der Waals surface area contributed by atoms with Gasteiger partial charge in [-0.05, 0) is 40.8 Å². The van der Waals surface area contributed by atoms with E-state index in [-0.39, 0.29) is 6.42 Å². The van der Waals surface area contributed by atoms with Crippen LogP contribution < -0.4 is 10.1 Å². The summed E-state index contributed by atoms with van der Waals surface area (Å²) in [7, 11) is -1.42. The van der Waals surface area contributed by atoms with E-state index < -0.39 is 44.0 Å². The summed E-state index contributed by atoms with van der Waals surface area (Å²) in [6.45, 7) is 0. The third kappa shape index (κ3) is 6.27. The summed E-state index contributed by atoms with van der Waals surface area (Å²) in [5.41, 5.74) is -0.0254. The number of hydrogen-bond acceptors (Lipinski definition) is 5. The smallest absolute Gasteiger partial charge is 0.497 e. The molecular weight excluding hydrogens is 397 g/mol. The van der Waals surface area contributed by atoms with Gasteiger partial charge in [-0.3, -0.25) is 9.59 Å². The van der Waals surface area contributed by atoms with Crippen LogP contribution >= 0.6 is 8.03 Å². The SMILES string of the molecule is COc1ccc(NC(c2ccccc2)C(C(CCC(=O)O)C(=O)O)[P+](=O)O)cc1. The van der Waals surface area contributed by atoms with E-state index in [4.69, 9.17) is 9.84 Å². The first-order chi connectivity index (χ1) is 13.8. The molecule has 0 amide bonds. The number of carbonyl (C=O) groups is 2. The van der Waals surface area contributed by atoms with Crippen molar-refractivity contribution in [2.45, 2.75) is 24.5 Å². The summed E-state index contributed by atoms with van der Waals surface area (Å²) in [6, 6.07) is 14.7. The van der Waals surface area contributed by atoms with E-state index in [2.05, 4.69) is 5.32 Å².